The van der Waals surface area contributed by atoms with Crippen molar-refractivity contribution in [2.45, 2.75) is 36.7 Å². The maximum absolute atomic E-state index is 13.5. The monoisotopic (exact) mass is 536 g/mol. The van der Waals surface area contributed by atoms with Crippen LogP contribution in [0.3, 0.4) is 0 Å². The van der Waals surface area contributed by atoms with Gasteiger partial charge in [-0.2, -0.15) is 4.31 Å². The van der Waals surface area contributed by atoms with Gasteiger partial charge >= 0.3 is 0 Å². The van der Waals surface area contributed by atoms with Gasteiger partial charge in [-0.15, -0.1) is 0 Å². The van der Waals surface area contributed by atoms with E-state index in [4.69, 9.17) is 34.8 Å². The summed E-state index contributed by atoms with van der Waals surface area (Å²) in [4.78, 5) is 13.1. The third-order valence-electron chi connectivity index (χ3n) is 5.87. The number of benzene rings is 3. The van der Waals surface area contributed by atoms with Crippen LogP contribution in [-0.4, -0.2) is 25.2 Å². The van der Waals surface area contributed by atoms with Crippen LogP contribution in [0.5, 0.6) is 0 Å². The number of nitrogens with one attached hydrogen (secondary N) is 1. The first-order valence-electron chi connectivity index (χ1n) is 10.8. The van der Waals surface area contributed by atoms with Crippen molar-refractivity contribution in [3.8, 4) is 0 Å². The molecule has 1 unspecified atom stereocenters. The highest BCUT2D eigenvalue weighted by Gasteiger charge is 2.30. The molecule has 0 spiro atoms. The van der Waals surface area contributed by atoms with Crippen LogP contribution in [0.1, 0.15) is 35.6 Å². The molecule has 0 radical (unpaired) electrons. The van der Waals surface area contributed by atoms with Crippen molar-refractivity contribution >= 4 is 50.7 Å². The summed E-state index contributed by atoms with van der Waals surface area (Å²) in [6.45, 7) is -0.538. The van der Waals surface area contributed by atoms with Gasteiger partial charge in [0.1, 0.15) is 0 Å². The van der Waals surface area contributed by atoms with Gasteiger partial charge in [-0.05, 0) is 66.8 Å². The van der Waals surface area contributed by atoms with Crippen molar-refractivity contribution in [3.05, 3.63) is 98.5 Å². The molecule has 5 nitrogen and oxygen atoms in total. The first kappa shape index (κ1) is 25.0. The SMILES string of the molecule is O=C(CN(Cc1c(Cl)cccc1Cl)S(=O)(=O)c1ccc(Cl)cc1)NC1CCCc2ccccc21. The average molecular weight is 538 g/mol. The molecule has 0 saturated carbocycles. The van der Waals surface area contributed by atoms with Gasteiger partial charge < -0.3 is 5.32 Å². The molecule has 0 fully saturated rings. The highest BCUT2D eigenvalue weighted by molar-refractivity contribution is 7.89. The van der Waals surface area contributed by atoms with E-state index in [0.717, 1.165) is 29.1 Å². The van der Waals surface area contributed by atoms with Gasteiger partial charge in [0.15, 0.2) is 0 Å². The Morgan fingerprint density at radius 3 is 2.32 bits per heavy atom. The number of sulfonamides is 1. The molecule has 0 saturated heterocycles. The van der Waals surface area contributed by atoms with Crippen LogP contribution in [0.15, 0.2) is 71.6 Å². The summed E-state index contributed by atoms with van der Waals surface area (Å²) in [5.41, 5.74) is 2.70. The van der Waals surface area contributed by atoms with Gasteiger partial charge in [0.2, 0.25) is 15.9 Å². The Labute approximate surface area is 214 Å². The normalized spacial score (nSPS) is 15.7. The molecule has 1 amide bonds. The van der Waals surface area contributed by atoms with Gasteiger partial charge in [-0.1, -0.05) is 65.1 Å². The second kappa shape index (κ2) is 10.7. The van der Waals surface area contributed by atoms with Crippen molar-refractivity contribution in [3.63, 3.8) is 0 Å². The van der Waals surface area contributed by atoms with Crippen molar-refractivity contribution in [1.82, 2.24) is 9.62 Å². The molecule has 1 atom stereocenters. The lowest BCUT2D eigenvalue weighted by Crippen LogP contribution is -2.42. The van der Waals surface area contributed by atoms with Crippen LogP contribution >= 0.6 is 34.8 Å². The number of amides is 1. The van der Waals surface area contributed by atoms with Crippen LogP contribution in [-0.2, 0) is 27.8 Å². The van der Waals surface area contributed by atoms with E-state index in [2.05, 4.69) is 11.4 Å². The summed E-state index contributed by atoms with van der Waals surface area (Å²) in [6.07, 6.45) is 2.71. The standard InChI is InChI=1S/C25H23Cl3N2O3S/c26-18-11-13-19(14-12-18)34(32,33)30(15-21-22(27)8-4-9-23(21)28)16-25(31)29-24-10-3-6-17-5-1-2-7-20(17)24/h1-2,4-5,7-9,11-14,24H,3,6,10,15-16H2,(H,29,31). The molecule has 0 heterocycles. The summed E-state index contributed by atoms with van der Waals surface area (Å²) < 4.78 is 28.1. The van der Waals surface area contributed by atoms with E-state index in [-0.39, 0.29) is 24.0 Å². The Balaban J connectivity index is 1.62. The van der Waals surface area contributed by atoms with Crippen molar-refractivity contribution in [1.29, 1.82) is 0 Å². The van der Waals surface area contributed by atoms with E-state index in [1.807, 2.05) is 18.2 Å². The maximum atomic E-state index is 13.5. The topological polar surface area (TPSA) is 66.5 Å². The molecular formula is C25H23Cl3N2O3S. The van der Waals surface area contributed by atoms with Gasteiger partial charge in [0, 0.05) is 27.2 Å². The van der Waals surface area contributed by atoms with E-state index >= 15 is 0 Å². The summed E-state index contributed by atoms with van der Waals surface area (Å²) in [6, 6.07) is 18.6. The molecule has 9 heteroatoms. The number of carbonyl (C=O) groups is 1. The van der Waals surface area contributed by atoms with E-state index in [9.17, 15) is 13.2 Å². The van der Waals surface area contributed by atoms with Crippen LogP contribution in [0, 0.1) is 0 Å². The predicted octanol–water partition coefficient (Wildman–Crippen LogP) is 6.03. The molecule has 34 heavy (non-hydrogen) atoms. The number of aryl methyl sites for hydroxylation is 1. The number of hydrogen-bond donors (Lipinski definition) is 1. The van der Waals surface area contributed by atoms with Crippen LogP contribution < -0.4 is 5.32 Å². The van der Waals surface area contributed by atoms with Gasteiger partial charge in [0.05, 0.1) is 17.5 Å². The number of fused-ring (bicyclic) bond motifs is 1. The number of hydrogen-bond acceptors (Lipinski definition) is 3. The van der Waals surface area contributed by atoms with Gasteiger partial charge in [-0.3, -0.25) is 4.79 Å². The molecule has 1 aliphatic rings. The molecular weight excluding hydrogens is 515 g/mol. The minimum absolute atomic E-state index is 0.0240. The average Bonchev–Trinajstić information content (AvgIpc) is 2.81. The van der Waals surface area contributed by atoms with Crippen LogP contribution in [0.2, 0.25) is 15.1 Å². The zero-order valence-electron chi connectivity index (χ0n) is 18.2. The molecule has 4 rings (SSSR count). The second-order valence-electron chi connectivity index (χ2n) is 8.14. The highest BCUT2D eigenvalue weighted by atomic mass is 35.5. The molecule has 1 aliphatic carbocycles. The van der Waals surface area contributed by atoms with E-state index in [0.29, 0.717) is 20.6 Å². The largest absolute Gasteiger partial charge is 0.348 e. The summed E-state index contributed by atoms with van der Waals surface area (Å²) in [5.74, 6) is -0.401. The number of rotatable bonds is 7. The first-order chi connectivity index (χ1) is 16.3. The molecule has 0 aliphatic heterocycles. The summed E-state index contributed by atoms with van der Waals surface area (Å²) in [7, 11) is -4.05. The van der Waals surface area contributed by atoms with Crippen molar-refractivity contribution in [2.75, 3.05) is 6.54 Å². The third-order valence-corrected chi connectivity index (χ3v) is 8.64. The number of carbonyl (C=O) groups excluding carboxylic acids is 1. The minimum atomic E-state index is -4.05. The van der Waals surface area contributed by atoms with Crippen LogP contribution in [0.25, 0.3) is 0 Å². The Morgan fingerprint density at radius 2 is 1.62 bits per heavy atom. The molecule has 1 N–H and O–H groups in total. The molecule has 0 aromatic heterocycles. The third kappa shape index (κ3) is 5.58. The lowest BCUT2D eigenvalue weighted by atomic mass is 9.88. The van der Waals surface area contributed by atoms with Gasteiger partial charge in [-0.25, -0.2) is 8.42 Å². The van der Waals surface area contributed by atoms with Crippen molar-refractivity contribution < 1.29 is 13.2 Å². The molecule has 3 aromatic carbocycles. The van der Waals surface area contributed by atoms with Gasteiger partial charge in [0.25, 0.3) is 0 Å². The zero-order valence-corrected chi connectivity index (χ0v) is 21.3. The second-order valence-corrected chi connectivity index (χ2v) is 11.3. The van der Waals surface area contributed by atoms with E-state index < -0.39 is 15.9 Å². The predicted molar refractivity (Wildman–Crippen MR) is 136 cm³/mol. The quantitative estimate of drug-likeness (QED) is 0.400. The van der Waals surface area contributed by atoms with E-state index in [1.54, 1.807) is 18.2 Å². The molecule has 0 bridgehead atoms. The smallest absolute Gasteiger partial charge is 0.243 e. The number of halogens is 3. The first-order valence-corrected chi connectivity index (χ1v) is 13.4. The van der Waals surface area contributed by atoms with Crippen molar-refractivity contribution in [2.24, 2.45) is 0 Å². The Kier molecular flexibility index (Phi) is 7.85. The summed E-state index contributed by atoms with van der Waals surface area (Å²) in [5, 5.41) is 4.08. The highest BCUT2D eigenvalue weighted by Crippen LogP contribution is 2.31. The Hall–Kier alpha value is -2.09. The molecule has 3 aromatic rings. The lowest BCUT2D eigenvalue weighted by Gasteiger charge is -2.28. The van der Waals surface area contributed by atoms with E-state index in [1.165, 1.54) is 29.8 Å². The van der Waals surface area contributed by atoms with Crippen LogP contribution in [0.4, 0.5) is 0 Å². The lowest BCUT2D eigenvalue weighted by molar-refractivity contribution is -0.122. The zero-order chi connectivity index (χ0) is 24.3. The fourth-order valence-electron chi connectivity index (χ4n) is 4.15. The summed E-state index contributed by atoms with van der Waals surface area (Å²) >= 11 is 18.6. The fourth-order valence-corrected chi connectivity index (χ4v) is 6.15. The minimum Gasteiger partial charge on any atom is -0.348 e. The fraction of sp³-hybridized carbons (Fsp3) is 0.240. The Bertz CT molecular complexity index is 1280. The number of nitrogens with zero attached hydrogens (tertiary/aromatic N) is 1. The Morgan fingerprint density at radius 1 is 0.941 bits per heavy atom. The molecule has 178 valence electrons. The maximum Gasteiger partial charge on any atom is 0.243 e.